The lowest BCUT2D eigenvalue weighted by atomic mass is 9.88. The van der Waals surface area contributed by atoms with E-state index in [1.165, 1.54) is 0 Å². The Kier molecular flexibility index (Phi) is 5.40. The van der Waals surface area contributed by atoms with Gasteiger partial charge < -0.3 is 15.6 Å². The summed E-state index contributed by atoms with van der Waals surface area (Å²) in [6.45, 7) is 0.467. The Labute approximate surface area is 81.0 Å². The van der Waals surface area contributed by atoms with Crippen LogP contribution >= 0.6 is 0 Å². The lowest BCUT2D eigenvalue weighted by molar-refractivity contribution is -0.175. The third kappa shape index (κ3) is 6.17. The molecule has 0 aliphatic carbocycles. The highest BCUT2D eigenvalue weighted by molar-refractivity contribution is 4.73. The summed E-state index contributed by atoms with van der Waals surface area (Å²) >= 11 is 0. The van der Waals surface area contributed by atoms with Crippen LogP contribution in [0.2, 0.25) is 0 Å². The Hall–Kier alpha value is -0.330. The molecule has 0 bridgehead atoms. The maximum absolute atomic E-state index is 11.6. The summed E-state index contributed by atoms with van der Waals surface area (Å²) in [7, 11) is 0. The number of hydrogen-bond donors (Lipinski definition) is 2. The number of halogens is 3. The van der Waals surface area contributed by atoms with Crippen LogP contribution in [0.4, 0.5) is 13.2 Å². The van der Waals surface area contributed by atoms with Crippen LogP contribution in [0.15, 0.2) is 0 Å². The third-order valence-corrected chi connectivity index (χ3v) is 1.99. The van der Waals surface area contributed by atoms with Gasteiger partial charge in [0.2, 0.25) is 0 Å². The van der Waals surface area contributed by atoms with E-state index in [0.29, 0.717) is 6.42 Å². The van der Waals surface area contributed by atoms with Gasteiger partial charge in [-0.2, -0.15) is 13.2 Å². The zero-order chi connectivity index (χ0) is 11.2. The van der Waals surface area contributed by atoms with Crippen LogP contribution in [-0.2, 0) is 4.74 Å². The Morgan fingerprint density at radius 2 is 1.93 bits per heavy atom. The number of aliphatic hydroxyl groups excluding tert-OH is 1. The van der Waals surface area contributed by atoms with Crippen molar-refractivity contribution < 1.29 is 23.0 Å². The highest BCUT2D eigenvalue weighted by Crippen LogP contribution is 2.20. The largest absolute Gasteiger partial charge is 0.411 e. The van der Waals surface area contributed by atoms with E-state index >= 15 is 0 Å². The molecule has 0 aromatic rings. The zero-order valence-corrected chi connectivity index (χ0v) is 8.10. The van der Waals surface area contributed by atoms with Gasteiger partial charge >= 0.3 is 6.18 Å². The van der Waals surface area contributed by atoms with Crippen LogP contribution in [0.1, 0.15) is 13.3 Å². The first-order chi connectivity index (χ1) is 6.33. The Balaban J connectivity index is 3.63. The minimum Gasteiger partial charge on any atom is -0.396 e. The minimum atomic E-state index is -4.29. The van der Waals surface area contributed by atoms with Crippen molar-refractivity contribution >= 4 is 0 Å². The number of alkyl halides is 3. The van der Waals surface area contributed by atoms with Gasteiger partial charge in [-0.25, -0.2) is 0 Å². The fourth-order valence-corrected chi connectivity index (χ4v) is 0.752. The molecule has 0 saturated carbocycles. The first-order valence-corrected chi connectivity index (χ1v) is 4.28. The predicted molar refractivity (Wildman–Crippen MR) is 45.7 cm³/mol. The molecule has 0 amide bonds. The molecule has 14 heavy (non-hydrogen) atoms. The molecular weight excluding hydrogens is 199 g/mol. The predicted octanol–water partition coefficient (Wildman–Crippen LogP) is 0.913. The summed E-state index contributed by atoms with van der Waals surface area (Å²) in [4.78, 5) is 0. The third-order valence-electron chi connectivity index (χ3n) is 1.99. The molecule has 0 aromatic heterocycles. The summed E-state index contributed by atoms with van der Waals surface area (Å²) in [6.07, 6.45) is -3.98. The number of nitrogens with two attached hydrogens (primary N) is 1. The number of hydrogen-bond acceptors (Lipinski definition) is 3. The normalized spacial score (nSPS) is 16.7. The molecule has 1 unspecified atom stereocenters. The van der Waals surface area contributed by atoms with Crippen LogP contribution in [-0.4, -0.2) is 37.6 Å². The van der Waals surface area contributed by atoms with E-state index in [2.05, 4.69) is 4.74 Å². The molecule has 0 aliphatic heterocycles. The Bertz CT molecular complexity index is 157. The van der Waals surface area contributed by atoms with Crippen molar-refractivity contribution in [1.82, 2.24) is 0 Å². The van der Waals surface area contributed by atoms with Gasteiger partial charge in [-0.3, -0.25) is 0 Å². The second-order valence-electron chi connectivity index (χ2n) is 3.59. The second-order valence-corrected chi connectivity index (χ2v) is 3.59. The van der Waals surface area contributed by atoms with E-state index in [4.69, 9.17) is 10.8 Å². The van der Waals surface area contributed by atoms with Gasteiger partial charge in [-0.1, -0.05) is 6.92 Å². The second kappa shape index (κ2) is 5.53. The average Bonchev–Trinajstić information content (AvgIpc) is 2.11. The summed E-state index contributed by atoms with van der Waals surface area (Å²) in [5.41, 5.74) is 4.80. The van der Waals surface area contributed by atoms with Crippen LogP contribution in [0, 0.1) is 5.41 Å². The Morgan fingerprint density at radius 3 is 2.29 bits per heavy atom. The van der Waals surface area contributed by atoms with E-state index in [1.807, 2.05) is 0 Å². The molecule has 0 aliphatic rings. The summed E-state index contributed by atoms with van der Waals surface area (Å²) in [6, 6.07) is 0. The van der Waals surface area contributed by atoms with Gasteiger partial charge in [0.1, 0.15) is 6.61 Å². The fourth-order valence-electron chi connectivity index (χ4n) is 0.752. The molecule has 0 radical (unpaired) electrons. The van der Waals surface area contributed by atoms with Crippen LogP contribution in [0.3, 0.4) is 0 Å². The van der Waals surface area contributed by atoms with Crippen molar-refractivity contribution in [1.29, 1.82) is 0 Å². The molecule has 0 spiro atoms. The van der Waals surface area contributed by atoms with Crippen LogP contribution < -0.4 is 5.73 Å². The maximum atomic E-state index is 11.6. The van der Waals surface area contributed by atoms with E-state index in [9.17, 15) is 13.2 Å². The number of rotatable bonds is 6. The molecule has 86 valence electrons. The van der Waals surface area contributed by atoms with Gasteiger partial charge in [0, 0.05) is 18.6 Å². The first kappa shape index (κ1) is 13.7. The first-order valence-electron chi connectivity index (χ1n) is 4.28. The summed E-state index contributed by atoms with van der Waals surface area (Å²) in [5, 5.41) is 8.89. The lowest BCUT2D eigenvalue weighted by Gasteiger charge is -2.24. The molecule has 0 heterocycles. The highest BCUT2D eigenvalue weighted by Gasteiger charge is 2.28. The lowest BCUT2D eigenvalue weighted by Crippen LogP contribution is -2.32. The van der Waals surface area contributed by atoms with Crippen molar-refractivity contribution in [3.8, 4) is 0 Å². The van der Waals surface area contributed by atoms with Crippen molar-refractivity contribution in [2.45, 2.75) is 19.5 Å². The van der Waals surface area contributed by atoms with Gasteiger partial charge in [0.05, 0.1) is 0 Å². The zero-order valence-electron chi connectivity index (χ0n) is 8.10. The van der Waals surface area contributed by atoms with E-state index in [-0.39, 0.29) is 19.8 Å². The van der Waals surface area contributed by atoms with E-state index < -0.39 is 18.2 Å². The molecule has 3 nitrogen and oxygen atoms in total. The monoisotopic (exact) mass is 215 g/mol. The molecule has 0 rings (SSSR count). The van der Waals surface area contributed by atoms with Crippen LogP contribution in [0.25, 0.3) is 0 Å². The van der Waals surface area contributed by atoms with Gasteiger partial charge in [-0.15, -0.1) is 0 Å². The fraction of sp³-hybridized carbons (Fsp3) is 1.00. The molecular formula is C8H16F3NO2. The summed E-state index contributed by atoms with van der Waals surface area (Å²) < 4.78 is 39.3. The molecule has 0 aromatic carbocycles. The highest BCUT2D eigenvalue weighted by atomic mass is 19.4. The van der Waals surface area contributed by atoms with Gasteiger partial charge in [0.15, 0.2) is 0 Å². The topological polar surface area (TPSA) is 55.5 Å². The van der Waals surface area contributed by atoms with Gasteiger partial charge in [0.25, 0.3) is 0 Å². The minimum absolute atomic E-state index is 0.0478. The summed E-state index contributed by atoms with van der Waals surface area (Å²) in [5.74, 6) is 0. The van der Waals surface area contributed by atoms with E-state index in [0.717, 1.165) is 0 Å². The van der Waals surface area contributed by atoms with Crippen molar-refractivity contribution in [3.63, 3.8) is 0 Å². The Morgan fingerprint density at radius 1 is 1.36 bits per heavy atom. The van der Waals surface area contributed by atoms with Crippen molar-refractivity contribution in [2.75, 3.05) is 26.4 Å². The standard InChI is InChI=1S/C8H16F3NO2/c1-7(4-12,5-13)2-3-14-6-8(9,10)11/h13H,2-6,12H2,1H3. The van der Waals surface area contributed by atoms with Crippen LogP contribution in [0.5, 0.6) is 0 Å². The van der Waals surface area contributed by atoms with Crippen molar-refractivity contribution in [3.05, 3.63) is 0 Å². The molecule has 6 heteroatoms. The van der Waals surface area contributed by atoms with E-state index in [1.54, 1.807) is 6.92 Å². The number of aliphatic hydroxyl groups is 1. The molecule has 1 atom stereocenters. The SMILES string of the molecule is CC(CN)(CO)CCOCC(F)(F)F. The molecule has 0 saturated heterocycles. The van der Waals surface area contributed by atoms with Crippen molar-refractivity contribution in [2.24, 2.45) is 11.1 Å². The molecule has 3 N–H and O–H groups in total. The molecule has 0 fully saturated rings. The van der Waals surface area contributed by atoms with Gasteiger partial charge in [-0.05, 0) is 13.0 Å². The number of ether oxygens (including phenoxy) is 1. The average molecular weight is 215 g/mol. The quantitative estimate of drug-likeness (QED) is 0.647. The smallest absolute Gasteiger partial charge is 0.396 e. The maximum Gasteiger partial charge on any atom is 0.411 e.